The average Bonchev–Trinajstić information content (AvgIpc) is 2.30. The molecule has 2 aromatic carbocycles. The summed E-state index contributed by atoms with van der Waals surface area (Å²) in [6.45, 7) is 0. The van der Waals surface area contributed by atoms with Crippen LogP contribution in [0.25, 0.3) is 11.1 Å². The molecule has 0 fully saturated rings. The molecule has 0 heterocycles. The minimum Gasteiger partial charge on any atom is -0.163 e. The number of hydrogen-bond donors (Lipinski definition) is 0. The van der Waals surface area contributed by atoms with Gasteiger partial charge in [0.05, 0.1) is 5.69 Å². The van der Waals surface area contributed by atoms with Crippen molar-refractivity contribution < 1.29 is 8.42 Å². The molecule has 0 aliphatic heterocycles. The quantitative estimate of drug-likeness (QED) is 0.847. The first-order chi connectivity index (χ1) is 8.18. The molecule has 2 rings (SSSR count). The van der Waals surface area contributed by atoms with Gasteiger partial charge in [0.25, 0.3) is 0 Å². The minimum absolute atomic E-state index is 0.438. The highest BCUT2D eigenvalue weighted by molar-refractivity contribution is 9.10. The minimum atomic E-state index is -2.45. The van der Waals surface area contributed by atoms with Gasteiger partial charge < -0.3 is 0 Å². The second-order valence-corrected chi connectivity index (χ2v) is 4.78. The Kier molecular flexibility index (Phi) is 3.71. The third-order valence-electron chi connectivity index (χ3n) is 2.24. The fraction of sp³-hybridized carbons (Fsp3) is 0. The van der Waals surface area contributed by atoms with Crippen molar-refractivity contribution in [2.24, 2.45) is 4.36 Å². The van der Waals surface area contributed by atoms with Crippen LogP contribution >= 0.6 is 15.9 Å². The van der Waals surface area contributed by atoms with Gasteiger partial charge in [-0.1, -0.05) is 52.3 Å². The number of benzene rings is 2. The van der Waals surface area contributed by atoms with Gasteiger partial charge in [-0.15, -0.1) is 4.36 Å². The van der Waals surface area contributed by atoms with Crippen LogP contribution in [-0.2, 0) is 10.5 Å². The predicted octanol–water partition coefficient (Wildman–Crippen LogP) is 3.81. The Morgan fingerprint density at radius 1 is 0.882 bits per heavy atom. The summed E-state index contributed by atoms with van der Waals surface area (Å²) in [5.74, 6) is 0. The van der Waals surface area contributed by atoms with Gasteiger partial charge >= 0.3 is 10.5 Å². The summed E-state index contributed by atoms with van der Waals surface area (Å²) in [5.41, 5.74) is 2.13. The third kappa shape index (κ3) is 2.81. The normalized spacial score (nSPS) is 9.94. The molecule has 0 N–H and O–H groups in total. The van der Waals surface area contributed by atoms with Gasteiger partial charge in [0.2, 0.25) is 0 Å². The summed E-state index contributed by atoms with van der Waals surface area (Å²) in [6.07, 6.45) is 0. The standard InChI is InChI=1S/C12H8BrNO2S/c13-11-7-3-1-5-9(11)10-6-2-4-8-12(10)14-17(15)16/h1-8H. The van der Waals surface area contributed by atoms with Crippen molar-refractivity contribution in [2.45, 2.75) is 0 Å². The lowest BCUT2D eigenvalue weighted by molar-refractivity contribution is 0.622. The first-order valence-electron chi connectivity index (χ1n) is 4.83. The molecule has 0 aliphatic carbocycles. The highest BCUT2D eigenvalue weighted by Crippen LogP contribution is 2.34. The molecule has 17 heavy (non-hydrogen) atoms. The molecule has 0 radical (unpaired) electrons. The van der Waals surface area contributed by atoms with Crippen LogP contribution < -0.4 is 0 Å². The van der Waals surface area contributed by atoms with E-state index < -0.39 is 10.5 Å². The second kappa shape index (κ2) is 5.25. The Balaban J connectivity index is 2.68. The summed E-state index contributed by atoms with van der Waals surface area (Å²) in [6, 6.07) is 14.7. The van der Waals surface area contributed by atoms with Crippen molar-refractivity contribution in [1.82, 2.24) is 0 Å². The van der Waals surface area contributed by atoms with E-state index in [1.807, 2.05) is 36.4 Å². The molecular formula is C12H8BrNO2S. The van der Waals surface area contributed by atoms with Crippen molar-refractivity contribution in [1.29, 1.82) is 0 Å². The van der Waals surface area contributed by atoms with E-state index in [1.165, 1.54) is 0 Å². The summed E-state index contributed by atoms with van der Waals surface area (Å²) in [5, 5.41) is 0. The van der Waals surface area contributed by atoms with Crippen molar-refractivity contribution >= 4 is 32.1 Å². The zero-order valence-electron chi connectivity index (χ0n) is 8.67. The highest BCUT2D eigenvalue weighted by Gasteiger charge is 2.06. The van der Waals surface area contributed by atoms with Crippen LogP contribution in [0.5, 0.6) is 0 Å². The zero-order chi connectivity index (χ0) is 12.3. The molecule has 0 saturated heterocycles. The maximum atomic E-state index is 10.7. The van der Waals surface area contributed by atoms with Crippen LogP contribution in [-0.4, -0.2) is 8.42 Å². The third-order valence-corrected chi connectivity index (χ3v) is 3.28. The Bertz CT molecular complexity index is 672. The first-order valence-corrected chi connectivity index (χ1v) is 6.66. The van der Waals surface area contributed by atoms with Crippen molar-refractivity contribution in [2.75, 3.05) is 0 Å². The Morgan fingerprint density at radius 3 is 2.12 bits per heavy atom. The number of rotatable bonds is 2. The predicted molar refractivity (Wildman–Crippen MR) is 70.6 cm³/mol. The van der Waals surface area contributed by atoms with Crippen molar-refractivity contribution in [3.8, 4) is 11.1 Å². The molecular weight excluding hydrogens is 302 g/mol. The maximum Gasteiger partial charge on any atom is 0.316 e. The Labute approximate surface area is 109 Å². The van der Waals surface area contributed by atoms with Gasteiger partial charge in [0, 0.05) is 10.0 Å². The van der Waals surface area contributed by atoms with Gasteiger partial charge in [-0.3, -0.25) is 0 Å². The van der Waals surface area contributed by atoms with E-state index >= 15 is 0 Å². The first kappa shape index (κ1) is 12.0. The molecule has 2 aromatic rings. The zero-order valence-corrected chi connectivity index (χ0v) is 11.1. The lowest BCUT2D eigenvalue weighted by Crippen LogP contribution is -1.80. The van der Waals surface area contributed by atoms with E-state index in [-0.39, 0.29) is 0 Å². The fourth-order valence-electron chi connectivity index (χ4n) is 1.54. The molecule has 86 valence electrons. The van der Waals surface area contributed by atoms with E-state index in [0.717, 1.165) is 15.6 Å². The van der Waals surface area contributed by atoms with Gasteiger partial charge in [0.1, 0.15) is 0 Å². The van der Waals surface area contributed by atoms with Crippen LogP contribution in [0.15, 0.2) is 57.4 Å². The lowest BCUT2D eigenvalue weighted by atomic mass is 10.0. The molecule has 0 aliphatic rings. The SMILES string of the molecule is O=S(=O)=Nc1ccccc1-c1ccccc1Br. The van der Waals surface area contributed by atoms with Crippen LogP contribution in [0.2, 0.25) is 0 Å². The molecule has 0 amide bonds. The number of nitrogens with zero attached hydrogens (tertiary/aromatic N) is 1. The fourth-order valence-corrected chi connectivity index (χ4v) is 2.36. The van der Waals surface area contributed by atoms with Crippen LogP contribution in [0.4, 0.5) is 5.69 Å². The van der Waals surface area contributed by atoms with E-state index in [1.54, 1.807) is 12.1 Å². The highest BCUT2D eigenvalue weighted by atomic mass is 79.9. The van der Waals surface area contributed by atoms with Crippen molar-refractivity contribution in [3.05, 3.63) is 53.0 Å². The second-order valence-electron chi connectivity index (χ2n) is 3.31. The number of halogens is 1. The molecule has 0 bridgehead atoms. The lowest BCUT2D eigenvalue weighted by Gasteiger charge is -2.06. The average molecular weight is 310 g/mol. The molecule has 0 unspecified atom stereocenters. The van der Waals surface area contributed by atoms with Gasteiger partial charge in [0.15, 0.2) is 0 Å². The van der Waals surface area contributed by atoms with Gasteiger partial charge in [-0.05, 0) is 17.7 Å². The van der Waals surface area contributed by atoms with E-state index in [2.05, 4.69) is 20.3 Å². The summed E-state index contributed by atoms with van der Waals surface area (Å²) < 4.78 is 25.8. The van der Waals surface area contributed by atoms with Crippen LogP contribution in [0.1, 0.15) is 0 Å². The van der Waals surface area contributed by atoms with Crippen molar-refractivity contribution in [3.63, 3.8) is 0 Å². The Morgan fingerprint density at radius 2 is 1.47 bits per heavy atom. The molecule has 0 atom stereocenters. The van der Waals surface area contributed by atoms with Crippen LogP contribution in [0, 0.1) is 0 Å². The Hall–Kier alpha value is -1.46. The van der Waals surface area contributed by atoms with E-state index in [4.69, 9.17) is 0 Å². The molecule has 0 aromatic heterocycles. The smallest absolute Gasteiger partial charge is 0.163 e. The van der Waals surface area contributed by atoms with E-state index in [9.17, 15) is 8.42 Å². The summed E-state index contributed by atoms with van der Waals surface area (Å²) in [4.78, 5) is 0. The number of hydrogen-bond acceptors (Lipinski definition) is 3. The largest absolute Gasteiger partial charge is 0.316 e. The van der Waals surface area contributed by atoms with Gasteiger partial charge in [-0.25, -0.2) is 0 Å². The molecule has 5 heteroatoms. The van der Waals surface area contributed by atoms with Crippen LogP contribution in [0.3, 0.4) is 0 Å². The monoisotopic (exact) mass is 309 g/mol. The van der Waals surface area contributed by atoms with Gasteiger partial charge in [-0.2, -0.15) is 8.42 Å². The molecule has 0 spiro atoms. The molecule has 0 saturated carbocycles. The summed E-state index contributed by atoms with van der Waals surface area (Å²) in [7, 11) is -2.45. The topological polar surface area (TPSA) is 46.5 Å². The van der Waals surface area contributed by atoms with E-state index in [0.29, 0.717) is 5.69 Å². The molecule has 3 nitrogen and oxygen atoms in total. The summed E-state index contributed by atoms with van der Waals surface area (Å²) >= 11 is 3.44. The maximum absolute atomic E-state index is 10.7.